The molecule has 120 valence electrons. The van der Waals surface area contributed by atoms with Crippen LogP contribution in [0, 0.1) is 0 Å². The van der Waals surface area contributed by atoms with Crippen molar-refractivity contribution in [2.24, 2.45) is 0 Å². The van der Waals surface area contributed by atoms with Crippen molar-refractivity contribution in [2.75, 3.05) is 13.7 Å². The average molecular weight is 353 g/mol. The zero-order valence-corrected chi connectivity index (χ0v) is 13.7. The molecule has 0 spiro atoms. The minimum absolute atomic E-state index is 0.364. The molecule has 0 aliphatic heterocycles. The third-order valence-corrected chi connectivity index (χ3v) is 4.12. The Morgan fingerprint density at radius 1 is 1.13 bits per heavy atom. The van der Waals surface area contributed by atoms with Crippen molar-refractivity contribution >= 4 is 40.8 Å². The van der Waals surface area contributed by atoms with Gasteiger partial charge >= 0.3 is 12.0 Å². The van der Waals surface area contributed by atoms with Gasteiger partial charge in [0.25, 0.3) is 5.91 Å². The monoisotopic (exact) mass is 352 g/mol. The van der Waals surface area contributed by atoms with Gasteiger partial charge in [0, 0.05) is 16.9 Å². The van der Waals surface area contributed by atoms with Crippen LogP contribution in [-0.4, -0.2) is 31.6 Å². The summed E-state index contributed by atoms with van der Waals surface area (Å²) in [6.07, 6.45) is 0. The van der Waals surface area contributed by atoms with Gasteiger partial charge in [-0.3, -0.25) is 10.1 Å². The molecule has 23 heavy (non-hydrogen) atoms. The van der Waals surface area contributed by atoms with Gasteiger partial charge in [-0.1, -0.05) is 23.7 Å². The minimum atomic E-state index is -0.702. The van der Waals surface area contributed by atoms with E-state index in [4.69, 9.17) is 16.3 Å². The van der Waals surface area contributed by atoms with Crippen LogP contribution < -0.4 is 10.6 Å². The molecule has 2 rings (SSSR count). The van der Waals surface area contributed by atoms with E-state index in [1.807, 2.05) is 17.4 Å². The lowest BCUT2D eigenvalue weighted by atomic mass is 10.2. The molecule has 1 aromatic heterocycles. The van der Waals surface area contributed by atoms with Crippen molar-refractivity contribution in [3.8, 4) is 10.4 Å². The Balaban J connectivity index is 1.95. The van der Waals surface area contributed by atoms with Crippen molar-refractivity contribution in [3.63, 3.8) is 0 Å². The van der Waals surface area contributed by atoms with Crippen LogP contribution in [0.1, 0.15) is 9.67 Å². The van der Waals surface area contributed by atoms with E-state index < -0.39 is 24.5 Å². The first-order valence-corrected chi connectivity index (χ1v) is 7.73. The highest BCUT2D eigenvalue weighted by molar-refractivity contribution is 7.17. The fourth-order valence-corrected chi connectivity index (χ4v) is 2.68. The topological polar surface area (TPSA) is 84.5 Å². The van der Waals surface area contributed by atoms with E-state index in [-0.39, 0.29) is 0 Å². The number of carbonyl (C=O) groups excluding carboxylic acids is 3. The number of amides is 3. The van der Waals surface area contributed by atoms with E-state index in [0.717, 1.165) is 10.4 Å². The van der Waals surface area contributed by atoms with Crippen LogP contribution >= 0.6 is 22.9 Å². The van der Waals surface area contributed by atoms with Crippen LogP contribution in [-0.2, 0) is 9.53 Å². The Morgan fingerprint density at radius 2 is 1.83 bits per heavy atom. The van der Waals surface area contributed by atoms with E-state index in [2.05, 4.69) is 5.32 Å². The van der Waals surface area contributed by atoms with Gasteiger partial charge in [0.05, 0.1) is 0 Å². The third-order valence-electron chi connectivity index (χ3n) is 2.75. The maximum Gasteiger partial charge on any atom is 0.348 e. The van der Waals surface area contributed by atoms with Gasteiger partial charge < -0.3 is 10.1 Å². The quantitative estimate of drug-likeness (QED) is 0.828. The molecule has 6 nitrogen and oxygen atoms in total. The Kier molecular flexibility index (Phi) is 5.72. The highest BCUT2D eigenvalue weighted by Crippen LogP contribution is 2.29. The smallest absolute Gasteiger partial charge is 0.348 e. The number of halogens is 1. The lowest BCUT2D eigenvalue weighted by Gasteiger charge is -2.04. The number of hydrogen-bond acceptors (Lipinski definition) is 5. The molecule has 2 aromatic rings. The highest BCUT2D eigenvalue weighted by Gasteiger charge is 2.14. The number of imide groups is 1. The molecule has 0 radical (unpaired) electrons. The summed E-state index contributed by atoms with van der Waals surface area (Å²) in [7, 11) is 1.37. The lowest BCUT2D eigenvalue weighted by molar-refractivity contribution is -0.123. The Morgan fingerprint density at radius 3 is 2.48 bits per heavy atom. The van der Waals surface area contributed by atoms with Gasteiger partial charge in [-0.05, 0) is 29.8 Å². The molecule has 0 saturated heterocycles. The van der Waals surface area contributed by atoms with Crippen molar-refractivity contribution < 1.29 is 19.1 Å². The van der Waals surface area contributed by atoms with Crippen LogP contribution in [0.3, 0.4) is 0 Å². The van der Waals surface area contributed by atoms with E-state index in [1.165, 1.54) is 18.4 Å². The van der Waals surface area contributed by atoms with Crippen molar-refractivity contribution in [1.29, 1.82) is 0 Å². The summed E-state index contributed by atoms with van der Waals surface area (Å²) in [4.78, 5) is 35.4. The van der Waals surface area contributed by atoms with Gasteiger partial charge in [-0.15, -0.1) is 11.3 Å². The van der Waals surface area contributed by atoms with E-state index in [9.17, 15) is 14.4 Å². The summed E-state index contributed by atoms with van der Waals surface area (Å²) >= 11 is 7.08. The zero-order chi connectivity index (χ0) is 16.8. The number of hydrogen-bond donors (Lipinski definition) is 2. The lowest BCUT2D eigenvalue weighted by Crippen LogP contribution is -2.39. The normalized spacial score (nSPS) is 10.0. The fraction of sp³-hybridized carbons (Fsp3) is 0.133. The molecule has 0 saturated carbocycles. The summed E-state index contributed by atoms with van der Waals surface area (Å²) < 4.78 is 4.86. The van der Waals surface area contributed by atoms with E-state index >= 15 is 0 Å². The second-order valence-corrected chi connectivity index (χ2v) is 5.89. The molecular formula is C15H13ClN2O4S. The third kappa shape index (κ3) is 4.80. The average Bonchev–Trinajstić information content (AvgIpc) is 3.03. The van der Waals surface area contributed by atoms with Crippen molar-refractivity contribution in [3.05, 3.63) is 46.3 Å². The first-order valence-electron chi connectivity index (χ1n) is 6.54. The van der Waals surface area contributed by atoms with E-state index in [1.54, 1.807) is 24.3 Å². The molecule has 1 heterocycles. The molecular weight excluding hydrogens is 340 g/mol. The van der Waals surface area contributed by atoms with Crippen molar-refractivity contribution in [1.82, 2.24) is 10.6 Å². The van der Waals surface area contributed by atoms with Crippen LogP contribution in [0.15, 0.2) is 36.4 Å². The summed E-state index contributed by atoms with van der Waals surface area (Å²) in [5, 5.41) is 4.85. The highest BCUT2D eigenvalue weighted by atomic mass is 35.5. The summed E-state index contributed by atoms with van der Waals surface area (Å²) in [5.74, 6) is -1.32. The van der Waals surface area contributed by atoms with Gasteiger partial charge in [0.1, 0.15) is 4.88 Å². The number of rotatable bonds is 4. The summed E-state index contributed by atoms with van der Waals surface area (Å²) in [6, 6.07) is 9.96. The molecule has 1 aromatic carbocycles. The first-order chi connectivity index (χ1) is 11.0. The minimum Gasteiger partial charge on any atom is -0.451 e. The second-order valence-electron chi connectivity index (χ2n) is 4.37. The Hall–Kier alpha value is -2.38. The SMILES string of the molecule is CNC(=O)NC(=O)COC(=O)c1ccc(-c2ccc(Cl)cc2)s1. The van der Waals surface area contributed by atoms with E-state index in [0.29, 0.717) is 9.90 Å². The van der Waals surface area contributed by atoms with Crippen LogP contribution in [0.25, 0.3) is 10.4 Å². The molecule has 0 aliphatic rings. The number of ether oxygens (including phenoxy) is 1. The Labute approximate surface area is 141 Å². The standard InChI is InChI=1S/C15H13ClN2O4S/c1-17-15(21)18-13(19)8-22-14(20)12-7-6-11(23-12)9-2-4-10(16)5-3-9/h2-7H,8H2,1H3,(H2,17,18,19,21). The molecule has 2 N–H and O–H groups in total. The molecule has 0 fully saturated rings. The number of carbonyl (C=O) groups is 3. The van der Waals surface area contributed by atoms with Crippen molar-refractivity contribution in [2.45, 2.75) is 0 Å². The maximum atomic E-state index is 11.9. The molecule has 0 bridgehead atoms. The number of urea groups is 1. The number of benzene rings is 1. The second kappa shape index (κ2) is 7.75. The van der Waals surface area contributed by atoms with Gasteiger partial charge in [-0.25, -0.2) is 9.59 Å². The summed E-state index contributed by atoms with van der Waals surface area (Å²) in [5.41, 5.74) is 0.927. The van der Waals surface area contributed by atoms with Gasteiger partial charge in [-0.2, -0.15) is 0 Å². The zero-order valence-electron chi connectivity index (χ0n) is 12.1. The van der Waals surface area contributed by atoms with Gasteiger partial charge in [0.2, 0.25) is 0 Å². The molecule has 8 heteroatoms. The fourth-order valence-electron chi connectivity index (χ4n) is 1.64. The molecule has 0 aliphatic carbocycles. The van der Waals surface area contributed by atoms with Gasteiger partial charge in [0.15, 0.2) is 6.61 Å². The largest absolute Gasteiger partial charge is 0.451 e. The molecule has 0 unspecified atom stereocenters. The predicted molar refractivity (Wildman–Crippen MR) is 87.6 cm³/mol. The first kappa shape index (κ1) is 17.0. The predicted octanol–water partition coefficient (Wildman–Crippen LogP) is 2.68. The number of esters is 1. The maximum absolute atomic E-state index is 11.9. The molecule has 0 atom stereocenters. The number of nitrogens with one attached hydrogen (secondary N) is 2. The number of thiophene rings is 1. The van der Waals surface area contributed by atoms with Crippen LogP contribution in [0.4, 0.5) is 4.79 Å². The van der Waals surface area contributed by atoms with Crippen LogP contribution in [0.2, 0.25) is 5.02 Å². The summed E-state index contributed by atoms with van der Waals surface area (Å²) in [6.45, 7) is -0.527. The Bertz CT molecular complexity index is 727. The molecule has 3 amide bonds. The van der Waals surface area contributed by atoms with Crippen LogP contribution in [0.5, 0.6) is 0 Å².